The minimum Gasteiger partial charge on any atom is -0.381 e. The van der Waals surface area contributed by atoms with Crippen LogP contribution in [0, 0.1) is 12.8 Å². The van der Waals surface area contributed by atoms with E-state index in [9.17, 15) is 4.79 Å². The van der Waals surface area contributed by atoms with Gasteiger partial charge in [0, 0.05) is 42.8 Å². The van der Waals surface area contributed by atoms with Crippen LogP contribution in [0.5, 0.6) is 0 Å². The standard InChI is InChI=1S/C20H28N4O2/c1-13-12-17(21-15-7-10-26-11-8-15)22-18-16(6-9-24(13)18)19(25)23-20(2,3)14-4-5-14/h6,9,12,14-15H,4-5,7-8,10-11H2,1-3H3,(H,21,22)(H,23,25). The van der Waals surface area contributed by atoms with E-state index >= 15 is 0 Å². The van der Waals surface area contributed by atoms with Crippen molar-refractivity contribution in [3.8, 4) is 0 Å². The van der Waals surface area contributed by atoms with Crippen molar-refractivity contribution in [2.45, 2.75) is 58.0 Å². The van der Waals surface area contributed by atoms with Gasteiger partial charge in [-0.2, -0.15) is 0 Å². The molecule has 2 N–H and O–H groups in total. The van der Waals surface area contributed by atoms with Gasteiger partial charge in [0.25, 0.3) is 5.91 Å². The highest BCUT2D eigenvalue weighted by atomic mass is 16.5. The van der Waals surface area contributed by atoms with Crippen molar-refractivity contribution >= 4 is 17.4 Å². The molecular formula is C20H28N4O2. The van der Waals surface area contributed by atoms with Gasteiger partial charge in [0.1, 0.15) is 5.82 Å². The summed E-state index contributed by atoms with van der Waals surface area (Å²) in [6, 6.07) is 4.28. The first-order valence-electron chi connectivity index (χ1n) is 9.59. The Bertz CT molecular complexity index is 817. The summed E-state index contributed by atoms with van der Waals surface area (Å²) in [6.45, 7) is 7.83. The number of aryl methyl sites for hydroxylation is 1. The molecule has 6 nitrogen and oxygen atoms in total. The summed E-state index contributed by atoms with van der Waals surface area (Å²) in [6.07, 6.45) is 6.28. The van der Waals surface area contributed by atoms with Crippen LogP contribution in [0.15, 0.2) is 18.3 Å². The van der Waals surface area contributed by atoms with Crippen molar-refractivity contribution in [2.75, 3.05) is 18.5 Å². The largest absolute Gasteiger partial charge is 0.381 e. The molecule has 1 aliphatic heterocycles. The van der Waals surface area contributed by atoms with Gasteiger partial charge in [0.15, 0.2) is 5.65 Å². The Morgan fingerprint density at radius 1 is 1.27 bits per heavy atom. The van der Waals surface area contributed by atoms with Crippen LogP contribution in [0.4, 0.5) is 5.82 Å². The molecule has 2 aromatic rings. The fraction of sp³-hybridized carbons (Fsp3) is 0.600. The molecule has 0 aromatic carbocycles. The van der Waals surface area contributed by atoms with E-state index in [1.54, 1.807) is 0 Å². The highest BCUT2D eigenvalue weighted by Gasteiger charge is 2.39. The van der Waals surface area contributed by atoms with Crippen molar-refractivity contribution in [2.24, 2.45) is 5.92 Å². The zero-order chi connectivity index (χ0) is 18.3. The maximum atomic E-state index is 12.9. The number of amides is 1. The van der Waals surface area contributed by atoms with Gasteiger partial charge in [-0.3, -0.25) is 4.79 Å². The van der Waals surface area contributed by atoms with Crippen LogP contribution in [0.3, 0.4) is 0 Å². The molecule has 0 bridgehead atoms. The van der Waals surface area contributed by atoms with Gasteiger partial charge in [-0.15, -0.1) is 0 Å². The number of nitrogens with zero attached hydrogens (tertiary/aromatic N) is 2. The number of carbonyl (C=O) groups is 1. The van der Waals surface area contributed by atoms with Crippen LogP contribution >= 0.6 is 0 Å². The van der Waals surface area contributed by atoms with Crippen LogP contribution in [-0.4, -0.2) is 40.1 Å². The van der Waals surface area contributed by atoms with Crippen LogP contribution in [0.1, 0.15) is 55.6 Å². The van der Waals surface area contributed by atoms with E-state index in [1.165, 1.54) is 12.8 Å². The van der Waals surface area contributed by atoms with Crippen molar-refractivity contribution in [3.63, 3.8) is 0 Å². The van der Waals surface area contributed by atoms with E-state index in [4.69, 9.17) is 9.72 Å². The molecule has 0 atom stereocenters. The second-order valence-corrected chi connectivity index (χ2v) is 8.19. The molecule has 0 radical (unpaired) electrons. The Morgan fingerprint density at radius 3 is 2.69 bits per heavy atom. The Morgan fingerprint density at radius 2 is 2.00 bits per heavy atom. The van der Waals surface area contributed by atoms with Crippen LogP contribution in [0.25, 0.3) is 5.65 Å². The summed E-state index contributed by atoms with van der Waals surface area (Å²) in [5.41, 5.74) is 2.24. The first-order valence-corrected chi connectivity index (χ1v) is 9.59. The summed E-state index contributed by atoms with van der Waals surface area (Å²) in [5.74, 6) is 1.37. The second-order valence-electron chi connectivity index (χ2n) is 8.19. The molecule has 3 heterocycles. The average molecular weight is 356 g/mol. The van der Waals surface area contributed by atoms with Gasteiger partial charge in [0.05, 0.1) is 5.56 Å². The van der Waals surface area contributed by atoms with Crippen molar-refractivity contribution in [3.05, 3.63) is 29.6 Å². The van der Waals surface area contributed by atoms with E-state index in [2.05, 4.69) is 24.5 Å². The lowest BCUT2D eigenvalue weighted by Gasteiger charge is -2.26. The highest BCUT2D eigenvalue weighted by molar-refractivity contribution is 6.00. The zero-order valence-corrected chi connectivity index (χ0v) is 15.8. The topological polar surface area (TPSA) is 67.7 Å². The molecular weight excluding hydrogens is 328 g/mol. The normalized spacial score (nSPS) is 18.9. The highest BCUT2D eigenvalue weighted by Crippen LogP contribution is 2.39. The molecule has 1 aliphatic carbocycles. The van der Waals surface area contributed by atoms with Gasteiger partial charge in [-0.1, -0.05) is 0 Å². The van der Waals surface area contributed by atoms with Crippen molar-refractivity contribution in [1.82, 2.24) is 14.7 Å². The van der Waals surface area contributed by atoms with Gasteiger partial charge in [-0.25, -0.2) is 4.98 Å². The lowest BCUT2D eigenvalue weighted by molar-refractivity contribution is 0.0902. The first-order chi connectivity index (χ1) is 12.4. The summed E-state index contributed by atoms with van der Waals surface area (Å²) in [7, 11) is 0. The fourth-order valence-corrected chi connectivity index (χ4v) is 3.81. The van der Waals surface area contributed by atoms with Gasteiger partial charge in [-0.05, 0) is 58.4 Å². The summed E-state index contributed by atoms with van der Waals surface area (Å²) in [5, 5.41) is 6.71. The Balaban J connectivity index is 1.59. The first kappa shape index (κ1) is 17.3. The number of hydrogen-bond acceptors (Lipinski definition) is 4. The number of ether oxygens (including phenoxy) is 1. The van der Waals surface area contributed by atoms with Crippen molar-refractivity contribution < 1.29 is 9.53 Å². The second kappa shape index (κ2) is 6.58. The molecule has 0 unspecified atom stereocenters. The van der Waals surface area contributed by atoms with Crippen molar-refractivity contribution in [1.29, 1.82) is 0 Å². The Kier molecular flexibility index (Phi) is 4.39. The fourth-order valence-electron chi connectivity index (χ4n) is 3.81. The smallest absolute Gasteiger partial charge is 0.255 e. The number of carbonyl (C=O) groups excluding carboxylic acids is 1. The predicted molar refractivity (Wildman–Crippen MR) is 102 cm³/mol. The number of rotatable bonds is 5. The summed E-state index contributed by atoms with van der Waals surface area (Å²) >= 11 is 0. The van der Waals surface area contributed by atoms with Crippen LogP contribution in [-0.2, 0) is 4.74 Å². The average Bonchev–Trinajstić information content (AvgIpc) is 3.36. The van der Waals surface area contributed by atoms with Gasteiger partial charge >= 0.3 is 0 Å². The van der Waals surface area contributed by atoms with Gasteiger partial charge < -0.3 is 19.8 Å². The molecule has 1 saturated heterocycles. The molecule has 1 amide bonds. The number of nitrogens with one attached hydrogen (secondary N) is 2. The van der Waals surface area contributed by atoms with E-state index in [0.717, 1.165) is 37.6 Å². The number of fused-ring (bicyclic) bond motifs is 1. The quantitative estimate of drug-likeness (QED) is 0.864. The molecule has 2 aromatic heterocycles. The molecule has 2 fully saturated rings. The molecule has 0 spiro atoms. The number of hydrogen-bond donors (Lipinski definition) is 2. The molecule has 2 aliphatic rings. The zero-order valence-electron chi connectivity index (χ0n) is 15.8. The molecule has 26 heavy (non-hydrogen) atoms. The lowest BCUT2D eigenvalue weighted by atomic mass is 9.98. The van der Waals surface area contributed by atoms with Crippen LogP contribution in [0.2, 0.25) is 0 Å². The monoisotopic (exact) mass is 356 g/mol. The Hall–Kier alpha value is -2.08. The van der Waals surface area contributed by atoms with Gasteiger partial charge in [0.2, 0.25) is 0 Å². The molecule has 4 rings (SSSR count). The molecule has 1 saturated carbocycles. The third-order valence-corrected chi connectivity index (χ3v) is 5.66. The number of anilines is 1. The maximum absolute atomic E-state index is 12.9. The van der Waals surface area contributed by atoms with E-state index in [0.29, 0.717) is 23.2 Å². The van der Waals surface area contributed by atoms with E-state index < -0.39 is 0 Å². The third kappa shape index (κ3) is 3.43. The third-order valence-electron chi connectivity index (χ3n) is 5.66. The summed E-state index contributed by atoms with van der Waals surface area (Å²) < 4.78 is 7.40. The van der Waals surface area contributed by atoms with E-state index in [-0.39, 0.29) is 11.4 Å². The minimum absolute atomic E-state index is 0.0421. The lowest BCUT2D eigenvalue weighted by Crippen LogP contribution is -2.45. The molecule has 6 heteroatoms. The number of aromatic nitrogens is 2. The maximum Gasteiger partial charge on any atom is 0.255 e. The van der Waals surface area contributed by atoms with Crippen LogP contribution < -0.4 is 10.6 Å². The molecule has 140 valence electrons. The summed E-state index contributed by atoms with van der Waals surface area (Å²) in [4.78, 5) is 17.6. The SMILES string of the molecule is Cc1cc(NC2CCOCC2)nc2c(C(=O)NC(C)(C)C3CC3)ccn12. The Labute approximate surface area is 154 Å². The predicted octanol–water partition coefficient (Wildman–Crippen LogP) is 3.15. The van der Waals surface area contributed by atoms with E-state index in [1.807, 2.05) is 29.7 Å². The minimum atomic E-state index is -0.168.